The number of carbonyl (C=O) groups is 1. The van der Waals surface area contributed by atoms with Gasteiger partial charge in [0, 0.05) is 5.25 Å². The minimum atomic E-state index is -1.07. The minimum absolute atomic E-state index is 0.542. The lowest BCUT2D eigenvalue weighted by Crippen LogP contribution is -2.44. The third kappa shape index (κ3) is 6.05. The van der Waals surface area contributed by atoms with E-state index in [9.17, 15) is 4.79 Å². The van der Waals surface area contributed by atoms with Crippen LogP contribution in [0.2, 0.25) is 0 Å². The molecule has 0 bridgehead atoms. The van der Waals surface area contributed by atoms with E-state index >= 15 is 0 Å². The Bertz CT molecular complexity index is 205. The maximum Gasteiger partial charge on any atom is 0.323 e. The molecule has 0 aliphatic rings. The molecule has 2 atom stereocenters. The van der Waals surface area contributed by atoms with Crippen LogP contribution in [-0.4, -0.2) is 27.6 Å². The van der Waals surface area contributed by atoms with Crippen molar-refractivity contribution in [1.29, 1.82) is 0 Å². The number of carboxylic acids is 1. The van der Waals surface area contributed by atoms with Crippen molar-refractivity contribution in [3.05, 3.63) is 0 Å². The second kappa shape index (κ2) is 6.38. The van der Waals surface area contributed by atoms with E-state index in [1.165, 1.54) is 0 Å². The van der Waals surface area contributed by atoms with E-state index in [1.54, 1.807) is 6.92 Å². The Labute approximate surface area is 96.8 Å². The monoisotopic (exact) mass is 233 g/mol. The SMILES string of the molecule is CC(C)C(C)SCCCC(C)(N)C(=O)O. The van der Waals surface area contributed by atoms with E-state index in [2.05, 4.69) is 20.8 Å². The molecule has 3 N–H and O–H groups in total. The molecule has 0 aliphatic carbocycles. The van der Waals surface area contributed by atoms with Gasteiger partial charge < -0.3 is 10.8 Å². The van der Waals surface area contributed by atoms with Gasteiger partial charge in [-0.15, -0.1) is 0 Å². The molecule has 0 rings (SSSR count). The first-order valence-corrected chi connectivity index (χ1v) is 6.46. The Balaban J connectivity index is 3.68. The van der Waals surface area contributed by atoms with Crippen LogP contribution in [0.15, 0.2) is 0 Å². The van der Waals surface area contributed by atoms with E-state index in [-0.39, 0.29) is 0 Å². The van der Waals surface area contributed by atoms with E-state index in [4.69, 9.17) is 10.8 Å². The molecule has 0 aromatic carbocycles. The number of nitrogens with two attached hydrogens (primary N) is 1. The van der Waals surface area contributed by atoms with Gasteiger partial charge in [-0.1, -0.05) is 20.8 Å². The van der Waals surface area contributed by atoms with Crippen molar-refractivity contribution in [2.45, 2.75) is 51.3 Å². The maximum atomic E-state index is 10.7. The van der Waals surface area contributed by atoms with E-state index in [1.807, 2.05) is 11.8 Å². The fourth-order valence-corrected chi connectivity index (χ4v) is 2.08. The molecule has 0 fully saturated rings. The first kappa shape index (κ1) is 14.8. The van der Waals surface area contributed by atoms with Gasteiger partial charge in [-0.3, -0.25) is 4.79 Å². The molecule has 0 spiro atoms. The van der Waals surface area contributed by atoms with E-state index in [0.717, 1.165) is 12.2 Å². The summed E-state index contributed by atoms with van der Waals surface area (Å²) >= 11 is 1.89. The molecule has 4 heteroatoms. The Morgan fingerprint density at radius 1 is 1.47 bits per heavy atom. The topological polar surface area (TPSA) is 63.3 Å². The lowest BCUT2D eigenvalue weighted by Gasteiger charge is -2.20. The normalized spacial score (nSPS) is 17.5. The summed E-state index contributed by atoms with van der Waals surface area (Å²) in [5.74, 6) is 0.738. The smallest absolute Gasteiger partial charge is 0.323 e. The number of aliphatic carboxylic acids is 1. The third-order valence-corrected chi connectivity index (χ3v) is 4.24. The number of thioether (sulfide) groups is 1. The summed E-state index contributed by atoms with van der Waals surface area (Å²) in [5.41, 5.74) is 4.56. The largest absolute Gasteiger partial charge is 0.480 e. The zero-order chi connectivity index (χ0) is 12.1. The fraction of sp³-hybridized carbons (Fsp3) is 0.909. The van der Waals surface area contributed by atoms with Crippen molar-refractivity contribution in [1.82, 2.24) is 0 Å². The zero-order valence-corrected chi connectivity index (χ0v) is 10.9. The molecule has 0 saturated carbocycles. The van der Waals surface area contributed by atoms with E-state index < -0.39 is 11.5 Å². The summed E-state index contributed by atoms with van der Waals surface area (Å²) < 4.78 is 0. The van der Waals surface area contributed by atoms with Crippen molar-refractivity contribution >= 4 is 17.7 Å². The van der Waals surface area contributed by atoms with Gasteiger partial charge in [0.2, 0.25) is 0 Å². The molecule has 15 heavy (non-hydrogen) atoms. The molecule has 3 nitrogen and oxygen atoms in total. The van der Waals surface area contributed by atoms with Gasteiger partial charge in [-0.25, -0.2) is 0 Å². The average Bonchev–Trinajstić information content (AvgIpc) is 2.11. The highest BCUT2D eigenvalue weighted by atomic mass is 32.2. The fourth-order valence-electron chi connectivity index (χ4n) is 1.01. The van der Waals surface area contributed by atoms with Gasteiger partial charge in [0.1, 0.15) is 5.54 Å². The summed E-state index contributed by atoms with van der Waals surface area (Å²) in [6.07, 6.45) is 1.40. The summed E-state index contributed by atoms with van der Waals surface area (Å²) in [7, 11) is 0. The predicted molar refractivity (Wildman–Crippen MR) is 66.2 cm³/mol. The van der Waals surface area contributed by atoms with Crippen molar-refractivity contribution in [3.63, 3.8) is 0 Å². The van der Waals surface area contributed by atoms with Crippen LogP contribution < -0.4 is 5.73 Å². The van der Waals surface area contributed by atoms with Crippen molar-refractivity contribution in [2.24, 2.45) is 11.7 Å². The standard InChI is InChI=1S/C11H23NO2S/c1-8(2)9(3)15-7-5-6-11(4,12)10(13)14/h8-9H,5-7,12H2,1-4H3,(H,13,14). The van der Waals surface area contributed by atoms with Gasteiger partial charge in [-0.05, 0) is 31.4 Å². The van der Waals surface area contributed by atoms with Gasteiger partial charge >= 0.3 is 5.97 Å². The Morgan fingerprint density at radius 3 is 2.40 bits per heavy atom. The molecule has 0 saturated heterocycles. The summed E-state index contributed by atoms with van der Waals surface area (Å²) in [4.78, 5) is 10.7. The van der Waals surface area contributed by atoms with E-state index in [0.29, 0.717) is 17.6 Å². The molecule has 0 radical (unpaired) electrons. The lowest BCUT2D eigenvalue weighted by molar-refractivity contribution is -0.142. The molecular weight excluding hydrogens is 210 g/mol. The first-order chi connectivity index (χ1) is 6.77. The molecule has 2 unspecified atom stereocenters. The van der Waals surface area contributed by atoms with Crippen LogP contribution in [0.3, 0.4) is 0 Å². The third-order valence-electron chi connectivity index (χ3n) is 2.65. The van der Waals surface area contributed by atoms with Crippen molar-refractivity contribution in [2.75, 3.05) is 5.75 Å². The van der Waals surface area contributed by atoms with Crippen LogP contribution in [0.1, 0.15) is 40.5 Å². The second-order valence-electron chi connectivity index (χ2n) is 4.65. The number of carboxylic acid groups (broad SMARTS) is 1. The van der Waals surface area contributed by atoms with Crippen LogP contribution in [0, 0.1) is 5.92 Å². The highest BCUT2D eigenvalue weighted by molar-refractivity contribution is 7.99. The molecular formula is C11H23NO2S. The highest BCUT2D eigenvalue weighted by Crippen LogP contribution is 2.21. The molecule has 0 amide bonds. The summed E-state index contributed by atoms with van der Waals surface area (Å²) in [6.45, 7) is 8.17. The van der Waals surface area contributed by atoms with Crippen molar-refractivity contribution in [3.8, 4) is 0 Å². The average molecular weight is 233 g/mol. The van der Waals surface area contributed by atoms with Gasteiger partial charge in [0.05, 0.1) is 0 Å². The maximum absolute atomic E-state index is 10.7. The number of hydrogen-bond donors (Lipinski definition) is 2. The molecule has 0 heterocycles. The second-order valence-corrected chi connectivity index (χ2v) is 6.13. The summed E-state index contributed by atoms with van der Waals surface area (Å²) in [6, 6.07) is 0. The van der Waals surface area contributed by atoms with Crippen LogP contribution in [0.25, 0.3) is 0 Å². The Morgan fingerprint density at radius 2 is 2.00 bits per heavy atom. The Hall–Kier alpha value is -0.220. The van der Waals surface area contributed by atoms with Crippen molar-refractivity contribution < 1.29 is 9.90 Å². The van der Waals surface area contributed by atoms with Gasteiger partial charge in [0.15, 0.2) is 0 Å². The zero-order valence-electron chi connectivity index (χ0n) is 10.1. The molecule has 0 aromatic heterocycles. The quantitative estimate of drug-likeness (QED) is 0.663. The minimum Gasteiger partial charge on any atom is -0.480 e. The number of rotatable bonds is 7. The van der Waals surface area contributed by atoms with Crippen LogP contribution in [0.4, 0.5) is 0 Å². The lowest BCUT2D eigenvalue weighted by atomic mass is 9.98. The molecule has 90 valence electrons. The molecule has 0 aliphatic heterocycles. The van der Waals surface area contributed by atoms with Crippen LogP contribution >= 0.6 is 11.8 Å². The Kier molecular flexibility index (Phi) is 6.29. The molecule has 0 aromatic rings. The van der Waals surface area contributed by atoms with Crippen LogP contribution in [0.5, 0.6) is 0 Å². The van der Waals surface area contributed by atoms with Gasteiger partial charge in [0.25, 0.3) is 0 Å². The highest BCUT2D eigenvalue weighted by Gasteiger charge is 2.26. The summed E-state index contributed by atoms with van der Waals surface area (Å²) in [5, 5.41) is 9.43. The first-order valence-electron chi connectivity index (χ1n) is 5.41. The van der Waals surface area contributed by atoms with Crippen LogP contribution in [-0.2, 0) is 4.79 Å². The predicted octanol–water partition coefficient (Wildman–Crippen LogP) is 2.35. The number of hydrogen-bond acceptors (Lipinski definition) is 3. The van der Waals surface area contributed by atoms with Gasteiger partial charge in [-0.2, -0.15) is 11.8 Å².